The number of fused-ring (bicyclic) bond motifs is 1. The highest BCUT2D eigenvalue weighted by atomic mass is 79.9. The Bertz CT molecular complexity index is 1680. The molecular weight excluding hydrogens is 901 g/mol. The zero-order chi connectivity index (χ0) is 37.7. The van der Waals surface area contributed by atoms with E-state index in [4.69, 9.17) is 23.1 Å². The highest BCUT2D eigenvalue weighted by Crippen LogP contribution is 2.28. The van der Waals surface area contributed by atoms with Gasteiger partial charge in [-0.3, -0.25) is 0 Å². The number of nitrogens with two attached hydrogens (primary N) is 2. The quantitative estimate of drug-likeness (QED) is 0.0227. The smallest absolute Gasteiger partial charge is 0.421 e. The highest BCUT2D eigenvalue weighted by Gasteiger charge is 2.20. The molecular formula is C36H67Br2Cl2N17. The molecule has 5 heterocycles. The maximum atomic E-state index is 6.15. The average Bonchev–Trinajstić information content (AvgIpc) is 3.96. The Morgan fingerprint density at radius 2 is 1.37 bits per heavy atom. The van der Waals surface area contributed by atoms with Gasteiger partial charge in [-0.25, -0.2) is 27.6 Å². The number of anilines is 2. The minimum Gasteiger partial charge on any atom is -1.00 e. The standard InChI is InChI=1S/C18H31ClN8.C18H30N8.2BrH.ClH.H3N/c1-2-3-4-5-10-25-13-14-26(11-6-8-19)18(25)24-23-16-15-22-27(17(16)21)12-7-9-20;1-2-3-4-5-10-24-13-14-25(11-6-8-19)18(24)23-22-16-15-21-26-12-7-9-20-17(16)26;;;;/h13-15,21H,2-12,20H2,1H3;13-15H,2-12,19H2,1H3;3*1H;1H3. The summed E-state index contributed by atoms with van der Waals surface area (Å²) in [6, 6.07) is 0. The Hall–Kier alpha value is -2.94. The van der Waals surface area contributed by atoms with Crippen molar-refractivity contribution in [2.24, 2.45) is 26.2 Å². The van der Waals surface area contributed by atoms with Gasteiger partial charge in [0.2, 0.25) is 0 Å². The van der Waals surface area contributed by atoms with E-state index in [0.29, 0.717) is 23.9 Å². The second-order valence-corrected chi connectivity index (χ2v) is 13.8. The van der Waals surface area contributed by atoms with Crippen LogP contribution in [0.15, 0.2) is 57.6 Å². The van der Waals surface area contributed by atoms with E-state index in [1.807, 2.05) is 10.9 Å². The van der Waals surface area contributed by atoms with Crippen LogP contribution in [0, 0.1) is 0 Å². The van der Waals surface area contributed by atoms with Crippen LogP contribution in [0.5, 0.6) is 0 Å². The summed E-state index contributed by atoms with van der Waals surface area (Å²) in [5.41, 5.74) is 17.1. The summed E-state index contributed by atoms with van der Waals surface area (Å²) in [4.78, 5) is 0. The summed E-state index contributed by atoms with van der Waals surface area (Å²) in [7, 11) is 0. The third-order valence-electron chi connectivity index (χ3n) is 9.16. The number of halogens is 4. The van der Waals surface area contributed by atoms with Crippen molar-refractivity contribution >= 4 is 46.5 Å². The molecule has 0 fully saturated rings. The molecule has 0 aliphatic carbocycles. The lowest BCUT2D eigenvalue weighted by molar-refractivity contribution is -0.683. The van der Waals surface area contributed by atoms with Gasteiger partial charge in [0.05, 0.1) is 69.9 Å². The molecule has 21 heteroatoms. The van der Waals surface area contributed by atoms with Crippen LogP contribution in [-0.4, -0.2) is 54.2 Å². The molecule has 17 nitrogen and oxygen atoms in total. The Morgan fingerprint density at radius 3 is 1.93 bits per heavy atom. The first-order valence-electron chi connectivity index (χ1n) is 19.7. The van der Waals surface area contributed by atoms with E-state index in [1.54, 1.807) is 17.1 Å². The number of nitrogens with one attached hydrogen (secondary N) is 1. The van der Waals surface area contributed by atoms with E-state index >= 15 is 0 Å². The maximum absolute atomic E-state index is 6.15. The summed E-state index contributed by atoms with van der Waals surface area (Å²) in [5, 5.41) is 30.0. The first-order valence-corrected chi connectivity index (χ1v) is 20.2. The zero-order valence-corrected chi connectivity index (χ0v) is 38.7. The molecule has 1 aliphatic heterocycles. The molecule has 0 radical (unpaired) electrons. The van der Waals surface area contributed by atoms with Gasteiger partial charge in [-0.05, 0) is 38.6 Å². The van der Waals surface area contributed by atoms with Gasteiger partial charge in [0.15, 0.2) is 23.0 Å². The van der Waals surface area contributed by atoms with Gasteiger partial charge in [-0.2, -0.15) is 10.2 Å². The van der Waals surface area contributed by atoms with Crippen molar-refractivity contribution in [1.82, 2.24) is 34.8 Å². The molecule has 1 aliphatic rings. The second kappa shape index (κ2) is 31.0. The number of alkyl halides is 1. The van der Waals surface area contributed by atoms with Crippen LogP contribution in [0.4, 0.5) is 34.9 Å². The lowest BCUT2D eigenvalue weighted by atomic mass is 10.2. The van der Waals surface area contributed by atoms with Crippen LogP contribution >= 0.6 is 11.6 Å². The Kier molecular flexibility index (Phi) is 29.4. The Morgan fingerprint density at radius 1 is 0.789 bits per heavy atom. The van der Waals surface area contributed by atoms with Gasteiger partial charge in [-0.1, -0.05) is 62.6 Å². The molecule has 324 valence electrons. The number of azo groups is 2. The Balaban J connectivity index is 0.00000103. The lowest BCUT2D eigenvalue weighted by Crippen LogP contribution is -3.00. The highest BCUT2D eigenvalue weighted by molar-refractivity contribution is 6.17. The number of hydrogen-bond acceptors (Lipinski definition) is 10. The number of nitrogen functional groups attached to an aromatic ring is 1. The molecule has 0 atom stereocenters. The molecule has 0 saturated carbocycles. The lowest BCUT2D eigenvalue weighted by Gasteiger charge is -2.15. The monoisotopic (exact) mass is 965 g/mol. The topological polar surface area (TPSA) is 229 Å². The van der Waals surface area contributed by atoms with Crippen molar-refractivity contribution in [3.8, 4) is 0 Å². The van der Waals surface area contributed by atoms with Gasteiger partial charge in [-0.15, -0.1) is 11.6 Å². The summed E-state index contributed by atoms with van der Waals surface area (Å²) in [6.45, 7) is 12.2. The molecule has 0 unspecified atom stereocenters. The van der Waals surface area contributed by atoms with Gasteiger partial charge in [0.1, 0.15) is 0 Å². The van der Waals surface area contributed by atoms with Crippen LogP contribution in [0.2, 0.25) is 0 Å². The van der Waals surface area contributed by atoms with Crippen molar-refractivity contribution in [2.45, 2.75) is 130 Å². The van der Waals surface area contributed by atoms with Gasteiger partial charge < -0.3 is 75.0 Å². The number of hydrogen-bond donors (Lipinski definition) is 5. The third-order valence-corrected chi connectivity index (χ3v) is 9.42. The minimum atomic E-state index is 0. The maximum Gasteiger partial charge on any atom is 0.421 e. The predicted molar refractivity (Wildman–Crippen MR) is 214 cm³/mol. The molecule has 0 bridgehead atoms. The number of imidazole rings is 2. The summed E-state index contributed by atoms with van der Waals surface area (Å²) >= 11 is 5.86. The normalized spacial score (nSPS) is 11.9. The molecule has 57 heavy (non-hydrogen) atoms. The number of unbranched alkanes of at least 4 members (excludes halogenated alkanes) is 6. The fraction of sp³-hybridized carbons (Fsp3) is 0.667. The fourth-order valence-corrected chi connectivity index (χ4v) is 6.21. The zero-order valence-electron chi connectivity index (χ0n) is 34.0. The third kappa shape index (κ3) is 17.1. The van der Waals surface area contributed by atoms with Crippen LogP contribution in [0.25, 0.3) is 0 Å². The van der Waals surface area contributed by atoms with E-state index in [-0.39, 0.29) is 52.5 Å². The van der Waals surface area contributed by atoms with Crippen molar-refractivity contribution in [3.63, 3.8) is 0 Å². The summed E-state index contributed by atoms with van der Waals surface area (Å²) < 4.78 is 12.3. The van der Waals surface area contributed by atoms with Crippen molar-refractivity contribution in [1.29, 1.82) is 0 Å². The fourth-order valence-electron chi connectivity index (χ4n) is 6.09. The number of rotatable bonds is 23. The first kappa shape index (κ1) is 54.1. The number of nitrogens with zero attached hydrogens (tertiary/aromatic N) is 12. The van der Waals surface area contributed by atoms with Gasteiger partial charge in [0, 0.05) is 42.2 Å². The largest absolute Gasteiger partial charge is 1.00 e. The number of aromatic nitrogens is 8. The molecule has 4 aromatic heterocycles. The second-order valence-electron chi connectivity index (χ2n) is 13.4. The molecule has 0 spiro atoms. The van der Waals surface area contributed by atoms with Crippen molar-refractivity contribution in [2.75, 3.05) is 36.6 Å². The predicted octanol–water partition coefficient (Wildman–Crippen LogP) is -2.88. The molecule has 11 N–H and O–H groups in total. The summed E-state index contributed by atoms with van der Waals surface area (Å²) in [6.07, 6.45) is 25.3. The van der Waals surface area contributed by atoms with E-state index in [9.17, 15) is 0 Å². The van der Waals surface area contributed by atoms with Crippen molar-refractivity contribution < 1.29 is 61.2 Å². The van der Waals surface area contributed by atoms with Crippen LogP contribution in [-0.2, 0) is 39.3 Å². The number of quaternary nitrogens is 1. The van der Waals surface area contributed by atoms with Crippen molar-refractivity contribution in [3.05, 3.63) is 37.2 Å². The number of aryl methyl sites for hydroxylation is 6. The van der Waals surface area contributed by atoms with Gasteiger partial charge in [0.25, 0.3) is 0 Å². The van der Waals surface area contributed by atoms with E-state index in [1.165, 1.54) is 38.5 Å². The SMILES string of the molecule is CCCCCCn1cc[n+](CCCCl)c1N=Nc1cnn(CCC[NH3+])c1N.CCCCCCn1cc[n+](CCCN)c1N=Nc1cnn2c1NCCC2.N.[Br-].[Br-].[Cl-]. The van der Waals surface area contributed by atoms with E-state index in [0.717, 1.165) is 114 Å². The molecule has 0 amide bonds. The van der Waals surface area contributed by atoms with Crippen LogP contribution < -0.4 is 84.2 Å². The van der Waals surface area contributed by atoms with E-state index in [2.05, 4.69) is 92.4 Å². The minimum absolute atomic E-state index is 0. The van der Waals surface area contributed by atoms with Crippen LogP contribution in [0.1, 0.15) is 90.9 Å². The molecule has 0 saturated heterocycles. The molecule has 0 aromatic carbocycles. The van der Waals surface area contributed by atoms with Crippen LogP contribution in [0.3, 0.4) is 0 Å². The Labute approximate surface area is 370 Å². The average molecular weight is 969 g/mol. The van der Waals surface area contributed by atoms with E-state index < -0.39 is 0 Å². The molecule has 4 aromatic rings. The molecule has 5 rings (SSSR count). The van der Waals surface area contributed by atoms with Gasteiger partial charge >= 0.3 is 11.9 Å². The first-order chi connectivity index (χ1) is 26.0. The summed E-state index contributed by atoms with van der Waals surface area (Å²) in [5.74, 6) is 3.83.